The normalized spacial score (nSPS) is 15.5. The molecule has 1 aliphatic heterocycles. The van der Waals surface area contributed by atoms with Gasteiger partial charge in [-0.15, -0.1) is 0 Å². The predicted molar refractivity (Wildman–Crippen MR) is 87.2 cm³/mol. The van der Waals surface area contributed by atoms with Crippen molar-refractivity contribution in [3.8, 4) is 0 Å². The van der Waals surface area contributed by atoms with Crippen LogP contribution in [0.2, 0.25) is 0 Å². The van der Waals surface area contributed by atoms with Crippen LogP contribution in [0.1, 0.15) is 43.7 Å². The molecule has 0 radical (unpaired) electrons. The van der Waals surface area contributed by atoms with Crippen LogP contribution in [0, 0.1) is 0 Å². The van der Waals surface area contributed by atoms with Crippen LogP contribution in [0.25, 0.3) is 0 Å². The van der Waals surface area contributed by atoms with Crippen molar-refractivity contribution in [1.29, 1.82) is 0 Å². The molecule has 1 aliphatic rings. The zero-order valence-electron chi connectivity index (χ0n) is 14.5. The molecule has 0 amide bonds. The number of rotatable bonds is 3. The molecular formula is C16H24N6O. The number of nitrogens with zero attached hydrogens (tertiary/aromatic N) is 6. The van der Waals surface area contributed by atoms with Gasteiger partial charge in [0.05, 0.1) is 12.2 Å². The molecule has 0 spiro atoms. The van der Waals surface area contributed by atoms with E-state index in [1.165, 1.54) is 5.56 Å². The summed E-state index contributed by atoms with van der Waals surface area (Å²) in [6.45, 7) is 8.65. The molecule has 0 saturated carbocycles. The molecule has 124 valence electrons. The fraction of sp³-hybridized carbons (Fsp3) is 0.625. The zero-order chi connectivity index (χ0) is 16.6. The van der Waals surface area contributed by atoms with Crippen molar-refractivity contribution in [2.24, 2.45) is 0 Å². The molecule has 3 rings (SSSR count). The lowest BCUT2D eigenvalue weighted by atomic mass is 9.97. The van der Waals surface area contributed by atoms with Crippen LogP contribution >= 0.6 is 0 Å². The highest BCUT2D eigenvalue weighted by atomic mass is 16.5. The number of hydrogen-bond donors (Lipinski definition) is 0. The average Bonchev–Trinajstić information content (AvgIpc) is 2.95. The van der Waals surface area contributed by atoms with Gasteiger partial charge in [0.1, 0.15) is 12.1 Å². The summed E-state index contributed by atoms with van der Waals surface area (Å²) < 4.78 is 5.38. The largest absolute Gasteiger partial charge is 0.362 e. The smallest absolute Gasteiger partial charge is 0.232 e. The Morgan fingerprint density at radius 1 is 1.26 bits per heavy atom. The minimum atomic E-state index is -0.119. The Morgan fingerprint density at radius 2 is 2.04 bits per heavy atom. The van der Waals surface area contributed by atoms with Crippen molar-refractivity contribution >= 4 is 5.82 Å². The van der Waals surface area contributed by atoms with E-state index in [-0.39, 0.29) is 5.41 Å². The molecule has 7 nitrogen and oxygen atoms in total. The SMILES string of the molecule is CN(C)c1ncnc2c1CN(Cc1noc(C(C)(C)C)n1)CC2. The third-order valence-corrected chi connectivity index (χ3v) is 3.96. The number of fused-ring (bicyclic) bond motifs is 1. The van der Waals surface area contributed by atoms with Crippen LogP contribution in [0.15, 0.2) is 10.9 Å². The van der Waals surface area contributed by atoms with E-state index in [2.05, 4.69) is 45.8 Å². The molecule has 0 aromatic carbocycles. The van der Waals surface area contributed by atoms with Gasteiger partial charge in [0.2, 0.25) is 5.89 Å². The van der Waals surface area contributed by atoms with Crippen LogP contribution in [0.4, 0.5) is 5.82 Å². The predicted octanol–water partition coefficient (Wildman–Crippen LogP) is 1.78. The van der Waals surface area contributed by atoms with E-state index in [9.17, 15) is 0 Å². The summed E-state index contributed by atoms with van der Waals surface area (Å²) in [5, 5.41) is 4.12. The lowest BCUT2D eigenvalue weighted by molar-refractivity contribution is 0.232. The summed E-state index contributed by atoms with van der Waals surface area (Å²) in [5.74, 6) is 2.41. The Kier molecular flexibility index (Phi) is 4.06. The molecule has 0 bridgehead atoms. The first-order valence-corrected chi connectivity index (χ1v) is 7.90. The topological polar surface area (TPSA) is 71.2 Å². The van der Waals surface area contributed by atoms with Crippen molar-refractivity contribution in [3.05, 3.63) is 29.3 Å². The van der Waals surface area contributed by atoms with Crippen LogP contribution in [-0.2, 0) is 24.9 Å². The van der Waals surface area contributed by atoms with Gasteiger partial charge in [-0.3, -0.25) is 4.90 Å². The van der Waals surface area contributed by atoms with Gasteiger partial charge in [-0.1, -0.05) is 25.9 Å². The number of anilines is 1. The lowest BCUT2D eigenvalue weighted by Gasteiger charge is -2.29. The van der Waals surface area contributed by atoms with Crippen molar-refractivity contribution < 1.29 is 4.52 Å². The van der Waals surface area contributed by atoms with Gasteiger partial charge in [0, 0.05) is 44.6 Å². The second-order valence-electron chi connectivity index (χ2n) is 7.24. The fourth-order valence-electron chi connectivity index (χ4n) is 2.73. The average molecular weight is 316 g/mol. The molecule has 7 heteroatoms. The quantitative estimate of drug-likeness (QED) is 0.854. The van der Waals surface area contributed by atoms with E-state index >= 15 is 0 Å². The number of aromatic nitrogens is 4. The molecule has 0 fully saturated rings. The minimum absolute atomic E-state index is 0.119. The maximum atomic E-state index is 5.38. The summed E-state index contributed by atoms with van der Waals surface area (Å²) in [6, 6.07) is 0. The van der Waals surface area contributed by atoms with E-state index in [0.29, 0.717) is 12.4 Å². The molecule has 0 atom stereocenters. The van der Waals surface area contributed by atoms with Crippen molar-refractivity contribution in [2.75, 3.05) is 25.5 Å². The minimum Gasteiger partial charge on any atom is -0.362 e. The molecule has 2 aromatic rings. The molecule has 23 heavy (non-hydrogen) atoms. The molecule has 3 heterocycles. The van der Waals surface area contributed by atoms with E-state index < -0.39 is 0 Å². The lowest BCUT2D eigenvalue weighted by Crippen LogP contribution is -2.32. The maximum Gasteiger partial charge on any atom is 0.232 e. The summed E-state index contributed by atoms with van der Waals surface area (Å²) in [4.78, 5) is 17.7. The Morgan fingerprint density at radius 3 is 2.70 bits per heavy atom. The van der Waals surface area contributed by atoms with Crippen molar-refractivity contribution in [1.82, 2.24) is 25.0 Å². The highest BCUT2D eigenvalue weighted by Crippen LogP contribution is 2.25. The first kappa shape index (κ1) is 15.9. The second-order valence-corrected chi connectivity index (χ2v) is 7.24. The Labute approximate surface area is 136 Å². The van der Waals surface area contributed by atoms with Gasteiger partial charge < -0.3 is 9.42 Å². The third kappa shape index (κ3) is 3.34. The summed E-state index contributed by atoms with van der Waals surface area (Å²) in [6.07, 6.45) is 2.57. The first-order chi connectivity index (χ1) is 10.8. The summed E-state index contributed by atoms with van der Waals surface area (Å²) >= 11 is 0. The first-order valence-electron chi connectivity index (χ1n) is 7.90. The molecule has 2 aromatic heterocycles. The van der Waals surface area contributed by atoms with Gasteiger partial charge >= 0.3 is 0 Å². The van der Waals surface area contributed by atoms with Crippen molar-refractivity contribution in [3.63, 3.8) is 0 Å². The highest BCUT2D eigenvalue weighted by Gasteiger charge is 2.25. The second kappa shape index (κ2) is 5.88. The molecular weight excluding hydrogens is 292 g/mol. The molecule has 0 saturated heterocycles. The highest BCUT2D eigenvalue weighted by molar-refractivity contribution is 5.48. The number of hydrogen-bond acceptors (Lipinski definition) is 7. The van der Waals surface area contributed by atoms with E-state index in [1.807, 2.05) is 19.0 Å². The molecule has 0 unspecified atom stereocenters. The Balaban J connectivity index is 1.76. The Hall–Kier alpha value is -2.02. The third-order valence-electron chi connectivity index (χ3n) is 3.96. The molecule has 0 N–H and O–H groups in total. The van der Waals surface area contributed by atoms with Crippen LogP contribution in [0.3, 0.4) is 0 Å². The molecule has 0 aliphatic carbocycles. The van der Waals surface area contributed by atoms with Gasteiger partial charge in [0.15, 0.2) is 5.82 Å². The van der Waals surface area contributed by atoms with E-state index in [1.54, 1.807) is 6.33 Å². The van der Waals surface area contributed by atoms with Gasteiger partial charge in [-0.05, 0) is 0 Å². The van der Waals surface area contributed by atoms with Gasteiger partial charge in [0.25, 0.3) is 0 Å². The van der Waals surface area contributed by atoms with Gasteiger partial charge in [-0.2, -0.15) is 4.98 Å². The maximum absolute atomic E-state index is 5.38. The Bertz CT molecular complexity index is 688. The van der Waals surface area contributed by atoms with Crippen LogP contribution < -0.4 is 4.90 Å². The zero-order valence-corrected chi connectivity index (χ0v) is 14.5. The van der Waals surface area contributed by atoms with Crippen LogP contribution in [-0.4, -0.2) is 45.6 Å². The fourth-order valence-corrected chi connectivity index (χ4v) is 2.73. The van der Waals surface area contributed by atoms with Crippen LogP contribution in [0.5, 0.6) is 0 Å². The van der Waals surface area contributed by atoms with E-state index in [0.717, 1.165) is 36.8 Å². The monoisotopic (exact) mass is 316 g/mol. The summed E-state index contributed by atoms with van der Waals surface area (Å²) in [5.41, 5.74) is 2.22. The van der Waals surface area contributed by atoms with Gasteiger partial charge in [-0.25, -0.2) is 9.97 Å². The van der Waals surface area contributed by atoms with Crippen molar-refractivity contribution in [2.45, 2.75) is 45.7 Å². The van der Waals surface area contributed by atoms with E-state index in [4.69, 9.17) is 4.52 Å². The standard InChI is InChI=1S/C16H24N6O/c1-16(2,3)15-19-13(20-23-15)9-22-7-6-12-11(8-22)14(21(4)5)18-10-17-12/h10H,6-9H2,1-5H3. The summed E-state index contributed by atoms with van der Waals surface area (Å²) in [7, 11) is 4.02.